The Morgan fingerprint density at radius 3 is 2.95 bits per heavy atom. The van der Waals surface area contributed by atoms with E-state index in [9.17, 15) is 9.59 Å². The zero-order valence-electron chi connectivity index (χ0n) is 10.4. The number of aromatic nitrogens is 1. The van der Waals surface area contributed by atoms with Crippen LogP contribution in [-0.2, 0) is 9.59 Å². The molecule has 100 valence electrons. The summed E-state index contributed by atoms with van der Waals surface area (Å²) in [5.74, 6) is 0.674. The molecule has 6 heteroatoms. The maximum absolute atomic E-state index is 12.0. The number of carbonyl (C=O) groups excluding carboxylic acids is 2. The summed E-state index contributed by atoms with van der Waals surface area (Å²) < 4.78 is 5.67. The van der Waals surface area contributed by atoms with Crippen LogP contribution in [0.5, 0.6) is 5.75 Å². The van der Waals surface area contributed by atoms with Crippen LogP contribution < -0.4 is 10.1 Å². The number of carbonyl (C=O) groups is 2. The van der Waals surface area contributed by atoms with Crippen LogP contribution in [0, 0.1) is 0 Å². The van der Waals surface area contributed by atoms with Crippen molar-refractivity contribution in [3.8, 4) is 5.75 Å². The molecule has 2 fully saturated rings. The molecular formula is C13H15N3O3. The van der Waals surface area contributed by atoms with Gasteiger partial charge in [0, 0.05) is 12.6 Å². The molecule has 2 amide bonds. The molecular weight excluding hydrogens is 246 g/mol. The van der Waals surface area contributed by atoms with Gasteiger partial charge in [0.25, 0.3) is 0 Å². The zero-order valence-corrected chi connectivity index (χ0v) is 10.4. The number of pyridine rings is 1. The lowest BCUT2D eigenvalue weighted by Gasteiger charge is -2.40. The Morgan fingerprint density at radius 2 is 2.32 bits per heavy atom. The summed E-state index contributed by atoms with van der Waals surface area (Å²) in [6.07, 6.45) is 4.40. The summed E-state index contributed by atoms with van der Waals surface area (Å²) in [5, 5.41) is 2.69. The van der Waals surface area contributed by atoms with Crippen LogP contribution in [0.25, 0.3) is 0 Å². The van der Waals surface area contributed by atoms with Crippen LogP contribution in [0.4, 0.5) is 0 Å². The molecule has 3 rings (SSSR count). The van der Waals surface area contributed by atoms with E-state index < -0.39 is 0 Å². The van der Waals surface area contributed by atoms with Gasteiger partial charge in [0.2, 0.25) is 11.8 Å². The topological polar surface area (TPSA) is 71.5 Å². The Kier molecular flexibility index (Phi) is 3.06. The predicted octanol–water partition coefficient (Wildman–Crippen LogP) is -0.0502. The van der Waals surface area contributed by atoms with E-state index in [1.807, 2.05) is 12.1 Å². The summed E-state index contributed by atoms with van der Waals surface area (Å²) in [4.78, 5) is 28.8. The average molecular weight is 261 g/mol. The van der Waals surface area contributed by atoms with E-state index in [4.69, 9.17) is 4.74 Å². The fourth-order valence-electron chi connectivity index (χ4n) is 2.32. The molecule has 0 saturated carbocycles. The van der Waals surface area contributed by atoms with Gasteiger partial charge < -0.3 is 15.0 Å². The summed E-state index contributed by atoms with van der Waals surface area (Å²) >= 11 is 0. The summed E-state index contributed by atoms with van der Waals surface area (Å²) in [6.45, 7) is 1.14. The van der Waals surface area contributed by atoms with E-state index >= 15 is 0 Å². The van der Waals surface area contributed by atoms with Crippen molar-refractivity contribution in [2.45, 2.75) is 25.0 Å². The van der Waals surface area contributed by atoms with Crippen LogP contribution >= 0.6 is 0 Å². The first-order chi connectivity index (χ1) is 9.22. The van der Waals surface area contributed by atoms with E-state index in [2.05, 4.69) is 10.3 Å². The molecule has 2 saturated heterocycles. The van der Waals surface area contributed by atoms with Gasteiger partial charge in [0.1, 0.15) is 17.9 Å². The van der Waals surface area contributed by atoms with Crippen molar-refractivity contribution < 1.29 is 14.3 Å². The Hall–Kier alpha value is -2.11. The number of amides is 2. The van der Waals surface area contributed by atoms with E-state index in [0.29, 0.717) is 31.7 Å². The highest BCUT2D eigenvalue weighted by atomic mass is 16.5. The number of hydrogen-bond donors (Lipinski definition) is 1. The number of rotatable bonds is 3. The number of hydrogen-bond acceptors (Lipinski definition) is 4. The second-order valence-corrected chi connectivity index (χ2v) is 4.83. The van der Waals surface area contributed by atoms with E-state index in [1.165, 1.54) is 0 Å². The van der Waals surface area contributed by atoms with E-state index in [0.717, 1.165) is 0 Å². The number of nitrogens with zero attached hydrogens (tertiary/aromatic N) is 2. The fourth-order valence-corrected chi connectivity index (χ4v) is 2.32. The van der Waals surface area contributed by atoms with Gasteiger partial charge in [0.05, 0.1) is 19.3 Å². The molecule has 2 aliphatic rings. The molecule has 0 unspecified atom stereocenters. The Labute approximate surface area is 110 Å². The molecule has 1 atom stereocenters. The van der Waals surface area contributed by atoms with Crippen LogP contribution in [-0.4, -0.2) is 46.9 Å². The molecule has 0 radical (unpaired) electrons. The highest BCUT2D eigenvalue weighted by Crippen LogP contribution is 2.19. The lowest BCUT2D eigenvalue weighted by Crippen LogP contribution is -2.59. The zero-order chi connectivity index (χ0) is 13.2. The minimum Gasteiger partial charge on any atom is -0.485 e. The van der Waals surface area contributed by atoms with Crippen molar-refractivity contribution >= 4 is 11.8 Å². The largest absolute Gasteiger partial charge is 0.485 e. The van der Waals surface area contributed by atoms with Gasteiger partial charge in [0.15, 0.2) is 0 Å². The molecule has 0 bridgehead atoms. The quantitative estimate of drug-likeness (QED) is 0.828. The Morgan fingerprint density at radius 1 is 1.47 bits per heavy atom. The SMILES string of the molecule is O=C1CC[C@@H](C(=O)N2CC(Oc3cccnc3)C2)N1. The van der Waals surface area contributed by atoms with Gasteiger partial charge in [-0.25, -0.2) is 0 Å². The third-order valence-corrected chi connectivity index (χ3v) is 3.39. The first kappa shape index (κ1) is 12.0. The van der Waals surface area contributed by atoms with Crippen LogP contribution in [0.3, 0.4) is 0 Å². The van der Waals surface area contributed by atoms with Crippen molar-refractivity contribution in [3.05, 3.63) is 24.5 Å². The molecule has 6 nitrogen and oxygen atoms in total. The molecule has 19 heavy (non-hydrogen) atoms. The molecule has 3 heterocycles. The summed E-state index contributed by atoms with van der Waals surface area (Å²) in [6, 6.07) is 3.31. The smallest absolute Gasteiger partial charge is 0.245 e. The third-order valence-electron chi connectivity index (χ3n) is 3.39. The van der Waals surface area contributed by atoms with Crippen molar-refractivity contribution in [3.63, 3.8) is 0 Å². The second-order valence-electron chi connectivity index (χ2n) is 4.83. The number of likely N-dealkylation sites (tertiary alicyclic amines) is 1. The lowest BCUT2D eigenvalue weighted by atomic mass is 10.1. The average Bonchev–Trinajstić information content (AvgIpc) is 2.80. The standard InChI is InChI=1S/C13H15N3O3/c17-12-4-3-11(15-12)13(18)16-7-10(8-16)19-9-2-1-5-14-6-9/h1-2,5-6,10-11H,3-4,7-8H2,(H,15,17)/t11-/m0/s1. The summed E-state index contributed by atoms with van der Waals surface area (Å²) in [5.41, 5.74) is 0. The molecule has 2 aliphatic heterocycles. The van der Waals surface area contributed by atoms with Crippen LogP contribution in [0.15, 0.2) is 24.5 Å². The van der Waals surface area contributed by atoms with E-state index in [1.54, 1.807) is 17.3 Å². The van der Waals surface area contributed by atoms with Crippen molar-refractivity contribution in [2.24, 2.45) is 0 Å². The molecule has 1 N–H and O–H groups in total. The van der Waals surface area contributed by atoms with Gasteiger partial charge in [-0.3, -0.25) is 14.6 Å². The van der Waals surface area contributed by atoms with E-state index in [-0.39, 0.29) is 24.0 Å². The molecule has 1 aromatic rings. The minimum atomic E-state index is -0.341. The lowest BCUT2D eigenvalue weighted by molar-refractivity contribution is -0.142. The van der Waals surface area contributed by atoms with Crippen molar-refractivity contribution in [2.75, 3.05) is 13.1 Å². The van der Waals surface area contributed by atoms with Crippen molar-refractivity contribution in [1.82, 2.24) is 15.2 Å². The normalized spacial score (nSPS) is 22.8. The van der Waals surface area contributed by atoms with Crippen LogP contribution in [0.2, 0.25) is 0 Å². The van der Waals surface area contributed by atoms with Gasteiger partial charge in [-0.1, -0.05) is 0 Å². The number of ether oxygens (including phenoxy) is 1. The first-order valence-corrected chi connectivity index (χ1v) is 6.37. The van der Waals surface area contributed by atoms with Crippen molar-refractivity contribution in [1.29, 1.82) is 0 Å². The molecule has 0 spiro atoms. The number of nitrogens with one attached hydrogen (secondary N) is 1. The first-order valence-electron chi connectivity index (χ1n) is 6.37. The maximum atomic E-state index is 12.0. The summed E-state index contributed by atoms with van der Waals surface area (Å²) in [7, 11) is 0. The fraction of sp³-hybridized carbons (Fsp3) is 0.462. The van der Waals surface area contributed by atoms with Gasteiger partial charge in [-0.05, 0) is 18.6 Å². The monoisotopic (exact) mass is 261 g/mol. The van der Waals surface area contributed by atoms with Gasteiger partial charge in [-0.15, -0.1) is 0 Å². The Balaban J connectivity index is 1.47. The third kappa shape index (κ3) is 2.52. The minimum absolute atomic E-state index is 0.00288. The van der Waals surface area contributed by atoms with Gasteiger partial charge in [-0.2, -0.15) is 0 Å². The maximum Gasteiger partial charge on any atom is 0.245 e. The van der Waals surface area contributed by atoms with Gasteiger partial charge >= 0.3 is 0 Å². The second kappa shape index (κ2) is 4.87. The predicted molar refractivity (Wildman–Crippen MR) is 66.4 cm³/mol. The highest BCUT2D eigenvalue weighted by Gasteiger charge is 2.38. The molecule has 0 aliphatic carbocycles. The van der Waals surface area contributed by atoms with Crippen LogP contribution in [0.1, 0.15) is 12.8 Å². The highest BCUT2D eigenvalue weighted by molar-refractivity contribution is 5.91. The molecule has 1 aromatic heterocycles. The molecule has 0 aromatic carbocycles. The Bertz CT molecular complexity index is 485.